The standard InChI is InChI=1S/C16H19F2NO3/c17-12-7-6-11(13(18)9-12)8-14(20)19-15(16(21)22)10-4-2-1-3-5-10/h6-7,9-10,15H,1-5,8H2,(H,19,20)(H,21,22)/t15-/m0/s1. The molecule has 2 N–H and O–H groups in total. The number of aliphatic carboxylic acids is 1. The molecule has 0 radical (unpaired) electrons. The molecule has 1 aliphatic rings. The van der Waals surface area contributed by atoms with Gasteiger partial charge in [-0.1, -0.05) is 25.3 Å². The molecule has 1 aromatic rings. The van der Waals surface area contributed by atoms with Crippen molar-refractivity contribution in [1.29, 1.82) is 0 Å². The van der Waals surface area contributed by atoms with Crippen molar-refractivity contribution < 1.29 is 23.5 Å². The molecule has 120 valence electrons. The van der Waals surface area contributed by atoms with Crippen LogP contribution in [-0.2, 0) is 16.0 Å². The van der Waals surface area contributed by atoms with Crippen LogP contribution in [0.5, 0.6) is 0 Å². The molecule has 0 unspecified atom stereocenters. The minimum atomic E-state index is -1.07. The lowest BCUT2D eigenvalue weighted by Crippen LogP contribution is -2.47. The Morgan fingerprint density at radius 1 is 1.23 bits per heavy atom. The minimum Gasteiger partial charge on any atom is -0.480 e. The van der Waals surface area contributed by atoms with Crippen LogP contribution in [0.15, 0.2) is 18.2 Å². The summed E-state index contributed by atoms with van der Waals surface area (Å²) in [4.78, 5) is 23.3. The van der Waals surface area contributed by atoms with Crippen LogP contribution in [0.3, 0.4) is 0 Å². The van der Waals surface area contributed by atoms with Gasteiger partial charge in [-0.05, 0) is 30.4 Å². The predicted molar refractivity (Wildman–Crippen MR) is 76.2 cm³/mol. The van der Waals surface area contributed by atoms with Gasteiger partial charge in [0.05, 0.1) is 6.42 Å². The fourth-order valence-electron chi connectivity index (χ4n) is 2.91. The molecule has 22 heavy (non-hydrogen) atoms. The zero-order valence-corrected chi connectivity index (χ0v) is 12.1. The highest BCUT2D eigenvalue weighted by Gasteiger charge is 2.30. The lowest BCUT2D eigenvalue weighted by atomic mass is 9.84. The van der Waals surface area contributed by atoms with E-state index in [1.54, 1.807) is 0 Å². The summed E-state index contributed by atoms with van der Waals surface area (Å²) in [5.74, 6) is -3.25. The molecule has 0 aromatic heterocycles. The highest BCUT2D eigenvalue weighted by Crippen LogP contribution is 2.26. The van der Waals surface area contributed by atoms with Gasteiger partial charge < -0.3 is 10.4 Å². The average Bonchev–Trinajstić information content (AvgIpc) is 2.48. The lowest BCUT2D eigenvalue weighted by molar-refractivity contribution is -0.143. The highest BCUT2D eigenvalue weighted by molar-refractivity contribution is 5.85. The van der Waals surface area contributed by atoms with E-state index in [1.807, 2.05) is 0 Å². The number of nitrogens with one attached hydrogen (secondary N) is 1. The molecule has 0 aliphatic heterocycles. The van der Waals surface area contributed by atoms with E-state index in [0.29, 0.717) is 6.07 Å². The van der Waals surface area contributed by atoms with Gasteiger partial charge in [0.25, 0.3) is 0 Å². The molecule has 1 amide bonds. The van der Waals surface area contributed by atoms with Crippen LogP contribution in [0.25, 0.3) is 0 Å². The van der Waals surface area contributed by atoms with E-state index in [1.165, 1.54) is 6.07 Å². The molecule has 1 aromatic carbocycles. The van der Waals surface area contributed by atoms with E-state index in [9.17, 15) is 23.5 Å². The Morgan fingerprint density at radius 2 is 1.91 bits per heavy atom. The van der Waals surface area contributed by atoms with Crippen LogP contribution < -0.4 is 5.32 Å². The monoisotopic (exact) mass is 311 g/mol. The second kappa shape index (κ2) is 7.33. The molecule has 0 bridgehead atoms. The third kappa shape index (κ3) is 4.26. The van der Waals surface area contributed by atoms with E-state index in [0.717, 1.165) is 38.2 Å². The number of hydrogen-bond acceptors (Lipinski definition) is 2. The Kier molecular flexibility index (Phi) is 5.46. The highest BCUT2D eigenvalue weighted by atomic mass is 19.1. The second-order valence-corrected chi connectivity index (χ2v) is 5.69. The molecule has 1 aliphatic carbocycles. The Balaban J connectivity index is 2.00. The van der Waals surface area contributed by atoms with Crippen LogP contribution in [0.2, 0.25) is 0 Å². The van der Waals surface area contributed by atoms with Crippen molar-refractivity contribution in [1.82, 2.24) is 5.32 Å². The smallest absolute Gasteiger partial charge is 0.326 e. The van der Waals surface area contributed by atoms with Crippen molar-refractivity contribution in [2.45, 2.75) is 44.6 Å². The molecule has 0 saturated heterocycles. The van der Waals surface area contributed by atoms with Gasteiger partial charge in [-0.3, -0.25) is 4.79 Å². The first-order valence-electron chi connectivity index (χ1n) is 7.43. The second-order valence-electron chi connectivity index (χ2n) is 5.69. The van der Waals surface area contributed by atoms with Crippen molar-refractivity contribution in [3.63, 3.8) is 0 Å². The first-order valence-corrected chi connectivity index (χ1v) is 7.43. The van der Waals surface area contributed by atoms with Gasteiger partial charge in [0.15, 0.2) is 0 Å². The zero-order valence-electron chi connectivity index (χ0n) is 12.1. The van der Waals surface area contributed by atoms with Crippen molar-refractivity contribution in [3.8, 4) is 0 Å². The number of benzene rings is 1. The predicted octanol–water partition coefficient (Wildman–Crippen LogP) is 2.66. The number of carboxylic acid groups (broad SMARTS) is 1. The summed E-state index contributed by atoms with van der Waals surface area (Å²) in [5.41, 5.74) is 0.0479. The minimum absolute atomic E-state index is 0.0479. The summed E-state index contributed by atoms with van der Waals surface area (Å²) in [6.45, 7) is 0. The third-order valence-corrected chi connectivity index (χ3v) is 4.07. The molecule has 1 atom stereocenters. The molecule has 0 heterocycles. The third-order valence-electron chi connectivity index (χ3n) is 4.07. The molecule has 1 fully saturated rings. The quantitative estimate of drug-likeness (QED) is 0.878. The number of carbonyl (C=O) groups is 2. The molecule has 4 nitrogen and oxygen atoms in total. The van der Waals surface area contributed by atoms with E-state index in [-0.39, 0.29) is 17.9 Å². The topological polar surface area (TPSA) is 66.4 Å². The van der Waals surface area contributed by atoms with Crippen molar-refractivity contribution in [2.75, 3.05) is 0 Å². The molecule has 6 heteroatoms. The van der Waals surface area contributed by atoms with E-state index in [2.05, 4.69) is 5.32 Å². The summed E-state index contributed by atoms with van der Waals surface area (Å²) >= 11 is 0. The van der Waals surface area contributed by atoms with Gasteiger partial charge in [0.2, 0.25) is 5.91 Å². The summed E-state index contributed by atoms with van der Waals surface area (Å²) in [5, 5.41) is 11.8. The van der Waals surface area contributed by atoms with E-state index in [4.69, 9.17) is 0 Å². The number of rotatable bonds is 5. The molecular formula is C16H19F2NO3. The Hall–Kier alpha value is -1.98. The Bertz CT molecular complexity index is 556. The fourth-order valence-corrected chi connectivity index (χ4v) is 2.91. The van der Waals surface area contributed by atoms with Crippen LogP contribution in [-0.4, -0.2) is 23.0 Å². The maximum Gasteiger partial charge on any atom is 0.326 e. The lowest BCUT2D eigenvalue weighted by Gasteiger charge is -2.28. The van der Waals surface area contributed by atoms with Crippen molar-refractivity contribution >= 4 is 11.9 Å². The maximum atomic E-state index is 13.5. The van der Waals surface area contributed by atoms with E-state index >= 15 is 0 Å². The largest absolute Gasteiger partial charge is 0.480 e. The van der Waals surface area contributed by atoms with Gasteiger partial charge in [-0.15, -0.1) is 0 Å². The van der Waals surface area contributed by atoms with Crippen LogP contribution in [0.1, 0.15) is 37.7 Å². The zero-order chi connectivity index (χ0) is 16.1. The fraction of sp³-hybridized carbons (Fsp3) is 0.500. The summed E-state index contributed by atoms with van der Waals surface area (Å²) in [6, 6.07) is 2.02. The maximum absolute atomic E-state index is 13.5. The van der Waals surface area contributed by atoms with Crippen LogP contribution in [0.4, 0.5) is 8.78 Å². The van der Waals surface area contributed by atoms with E-state index < -0.39 is 29.6 Å². The summed E-state index contributed by atoms with van der Waals surface area (Å²) < 4.78 is 26.4. The van der Waals surface area contributed by atoms with Crippen LogP contribution >= 0.6 is 0 Å². The van der Waals surface area contributed by atoms with Crippen molar-refractivity contribution in [2.24, 2.45) is 5.92 Å². The Labute approximate surface area is 127 Å². The summed E-state index contributed by atoms with van der Waals surface area (Å²) in [6.07, 6.45) is 4.22. The van der Waals surface area contributed by atoms with Crippen LogP contribution in [0, 0.1) is 17.6 Å². The SMILES string of the molecule is O=C(Cc1ccc(F)cc1F)N[C@H](C(=O)O)C1CCCCC1. The molecular weight excluding hydrogens is 292 g/mol. The first kappa shape index (κ1) is 16.4. The summed E-state index contributed by atoms with van der Waals surface area (Å²) in [7, 11) is 0. The normalized spacial score (nSPS) is 17.0. The van der Waals surface area contributed by atoms with Gasteiger partial charge in [0.1, 0.15) is 17.7 Å². The van der Waals surface area contributed by atoms with Gasteiger partial charge >= 0.3 is 5.97 Å². The average molecular weight is 311 g/mol. The number of carboxylic acids is 1. The molecule has 1 saturated carbocycles. The number of amides is 1. The number of hydrogen-bond donors (Lipinski definition) is 2. The van der Waals surface area contributed by atoms with Gasteiger partial charge in [-0.2, -0.15) is 0 Å². The van der Waals surface area contributed by atoms with Gasteiger partial charge in [0, 0.05) is 6.07 Å². The Morgan fingerprint density at radius 3 is 2.50 bits per heavy atom. The molecule has 0 spiro atoms. The first-order chi connectivity index (χ1) is 10.5. The number of halogens is 2. The molecule has 2 rings (SSSR count). The van der Waals surface area contributed by atoms with Gasteiger partial charge in [-0.25, -0.2) is 13.6 Å². The number of carbonyl (C=O) groups excluding carboxylic acids is 1. The van der Waals surface area contributed by atoms with Crippen molar-refractivity contribution in [3.05, 3.63) is 35.4 Å².